The van der Waals surface area contributed by atoms with Gasteiger partial charge < -0.3 is 14.9 Å². The van der Waals surface area contributed by atoms with Crippen molar-refractivity contribution in [2.75, 3.05) is 38.1 Å². The fourth-order valence-electron chi connectivity index (χ4n) is 2.09. The van der Waals surface area contributed by atoms with Crippen LogP contribution in [-0.2, 0) is 0 Å². The Morgan fingerprint density at radius 1 is 1.24 bits per heavy atom. The maximum Gasteiger partial charge on any atom is 0.0762 e. The minimum atomic E-state index is -0.464. The summed E-state index contributed by atoms with van der Waals surface area (Å²) in [5.41, 5.74) is 1.94. The smallest absolute Gasteiger partial charge is 0.0762 e. The Morgan fingerprint density at radius 3 is 2.41 bits per heavy atom. The van der Waals surface area contributed by atoms with Crippen molar-refractivity contribution >= 4 is 17.3 Å². The zero-order valence-corrected chi connectivity index (χ0v) is 11.1. The van der Waals surface area contributed by atoms with Gasteiger partial charge in [0, 0.05) is 26.2 Å². The predicted octanol–water partition coefficient (Wildman–Crippen LogP) is 2.15. The molecule has 1 aromatic rings. The number of halogens is 1. The highest BCUT2D eigenvalue weighted by Gasteiger charge is 2.17. The molecule has 1 heterocycles. The van der Waals surface area contributed by atoms with Gasteiger partial charge in [0.15, 0.2) is 0 Å². The number of hydrogen-bond acceptors (Lipinski definition) is 3. The van der Waals surface area contributed by atoms with Gasteiger partial charge in [-0.1, -0.05) is 17.7 Å². The van der Waals surface area contributed by atoms with E-state index in [1.807, 2.05) is 18.2 Å². The van der Waals surface area contributed by atoms with Crippen molar-refractivity contribution in [2.24, 2.45) is 0 Å². The summed E-state index contributed by atoms with van der Waals surface area (Å²) in [5, 5.41) is 10.2. The lowest BCUT2D eigenvalue weighted by Gasteiger charge is -2.34. The van der Waals surface area contributed by atoms with E-state index >= 15 is 0 Å². The SMILES string of the molecule is CC(O)c1ccc(N2CCN(C)CC2)c(Cl)c1. The molecule has 3 nitrogen and oxygen atoms in total. The standard InChI is InChI=1S/C13H19ClN2O/c1-10(17)11-3-4-13(12(14)9-11)16-7-5-15(2)6-8-16/h3-4,9-10,17H,5-8H2,1-2H3. The molecule has 0 radical (unpaired) electrons. The molecule has 0 amide bonds. The molecule has 0 saturated carbocycles. The first-order valence-electron chi connectivity index (χ1n) is 5.99. The lowest BCUT2D eigenvalue weighted by molar-refractivity contribution is 0.199. The molecule has 17 heavy (non-hydrogen) atoms. The van der Waals surface area contributed by atoms with Crippen molar-refractivity contribution < 1.29 is 5.11 Å². The van der Waals surface area contributed by atoms with Gasteiger partial charge in [-0.05, 0) is 31.7 Å². The number of aliphatic hydroxyl groups excluding tert-OH is 1. The summed E-state index contributed by atoms with van der Waals surface area (Å²) in [4.78, 5) is 4.61. The summed E-state index contributed by atoms with van der Waals surface area (Å²) in [6, 6.07) is 5.82. The van der Waals surface area contributed by atoms with Crippen molar-refractivity contribution in [3.05, 3.63) is 28.8 Å². The van der Waals surface area contributed by atoms with Crippen LogP contribution in [0, 0.1) is 0 Å². The Hall–Kier alpha value is -0.770. The molecule has 0 aliphatic carbocycles. The molecule has 1 aromatic carbocycles. The van der Waals surface area contributed by atoms with E-state index in [1.54, 1.807) is 6.92 Å². The second kappa shape index (κ2) is 5.25. The number of piperazine rings is 1. The molecule has 1 saturated heterocycles. The van der Waals surface area contributed by atoms with E-state index in [0.717, 1.165) is 42.5 Å². The third-order valence-electron chi connectivity index (χ3n) is 3.30. The largest absolute Gasteiger partial charge is 0.389 e. The molecule has 94 valence electrons. The van der Waals surface area contributed by atoms with Gasteiger partial charge in [0.25, 0.3) is 0 Å². The Kier molecular flexibility index (Phi) is 3.92. The van der Waals surface area contributed by atoms with Gasteiger partial charge in [-0.3, -0.25) is 0 Å². The number of likely N-dealkylation sites (N-methyl/N-ethyl adjacent to an activating group) is 1. The molecule has 0 bridgehead atoms. The first-order chi connectivity index (χ1) is 8.08. The highest BCUT2D eigenvalue weighted by Crippen LogP contribution is 2.29. The highest BCUT2D eigenvalue weighted by molar-refractivity contribution is 6.33. The van der Waals surface area contributed by atoms with Crippen LogP contribution in [-0.4, -0.2) is 43.2 Å². The van der Waals surface area contributed by atoms with E-state index in [0.29, 0.717) is 0 Å². The Bertz CT molecular complexity index is 387. The van der Waals surface area contributed by atoms with E-state index < -0.39 is 6.10 Å². The topological polar surface area (TPSA) is 26.7 Å². The molecule has 0 aromatic heterocycles. The van der Waals surface area contributed by atoms with Crippen LogP contribution in [0.5, 0.6) is 0 Å². The third kappa shape index (κ3) is 2.92. The quantitative estimate of drug-likeness (QED) is 0.876. The first-order valence-corrected chi connectivity index (χ1v) is 6.36. The molecule has 1 unspecified atom stereocenters. The molecular formula is C13H19ClN2O. The fourth-order valence-corrected chi connectivity index (χ4v) is 2.40. The predicted molar refractivity (Wildman–Crippen MR) is 71.8 cm³/mol. The van der Waals surface area contributed by atoms with Gasteiger partial charge in [0.1, 0.15) is 0 Å². The Balaban J connectivity index is 2.16. The van der Waals surface area contributed by atoms with Crippen molar-refractivity contribution in [1.29, 1.82) is 0 Å². The van der Waals surface area contributed by atoms with Crippen molar-refractivity contribution in [3.63, 3.8) is 0 Å². The van der Waals surface area contributed by atoms with Crippen LogP contribution in [0.1, 0.15) is 18.6 Å². The summed E-state index contributed by atoms with van der Waals surface area (Å²) in [5.74, 6) is 0. The summed E-state index contributed by atoms with van der Waals surface area (Å²) in [6.07, 6.45) is -0.464. The van der Waals surface area contributed by atoms with Crippen LogP contribution >= 0.6 is 11.6 Å². The van der Waals surface area contributed by atoms with Gasteiger partial charge in [0.05, 0.1) is 16.8 Å². The van der Waals surface area contributed by atoms with Crippen molar-refractivity contribution in [3.8, 4) is 0 Å². The molecule has 1 aliphatic rings. The molecule has 4 heteroatoms. The minimum Gasteiger partial charge on any atom is -0.389 e. The lowest BCUT2D eigenvalue weighted by atomic mass is 10.1. The van der Waals surface area contributed by atoms with Crippen LogP contribution in [0.25, 0.3) is 0 Å². The molecule has 1 fully saturated rings. The number of benzene rings is 1. The second-order valence-corrected chi connectivity index (χ2v) is 5.08. The van der Waals surface area contributed by atoms with Gasteiger partial charge in [-0.2, -0.15) is 0 Å². The normalized spacial score (nSPS) is 19.4. The monoisotopic (exact) mass is 254 g/mol. The summed E-state index contributed by atoms with van der Waals surface area (Å²) in [6.45, 7) is 5.89. The van der Waals surface area contributed by atoms with Gasteiger partial charge in [-0.25, -0.2) is 0 Å². The van der Waals surface area contributed by atoms with E-state index in [9.17, 15) is 5.11 Å². The van der Waals surface area contributed by atoms with Crippen molar-refractivity contribution in [1.82, 2.24) is 4.90 Å². The third-order valence-corrected chi connectivity index (χ3v) is 3.60. The minimum absolute atomic E-state index is 0.464. The van der Waals surface area contributed by atoms with E-state index in [2.05, 4.69) is 16.8 Å². The maximum atomic E-state index is 9.51. The number of nitrogens with zero attached hydrogens (tertiary/aromatic N) is 2. The zero-order valence-electron chi connectivity index (χ0n) is 10.4. The summed E-state index contributed by atoms with van der Waals surface area (Å²) >= 11 is 6.28. The van der Waals surface area contributed by atoms with E-state index in [1.165, 1.54) is 0 Å². The summed E-state index contributed by atoms with van der Waals surface area (Å²) in [7, 11) is 2.13. The average Bonchev–Trinajstić information content (AvgIpc) is 2.30. The summed E-state index contributed by atoms with van der Waals surface area (Å²) < 4.78 is 0. The van der Waals surface area contributed by atoms with Crippen LogP contribution in [0.3, 0.4) is 0 Å². The Morgan fingerprint density at radius 2 is 1.88 bits per heavy atom. The maximum absolute atomic E-state index is 9.51. The molecule has 1 atom stereocenters. The number of aliphatic hydroxyl groups is 1. The van der Waals surface area contributed by atoms with E-state index in [4.69, 9.17) is 11.6 Å². The van der Waals surface area contributed by atoms with Crippen LogP contribution < -0.4 is 4.90 Å². The number of hydrogen-bond donors (Lipinski definition) is 1. The Labute approximate surface area is 108 Å². The fraction of sp³-hybridized carbons (Fsp3) is 0.538. The first kappa shape index (κ1) is 12.7. The average molecular weight is 255 g/mol. The molecule has 2 rings (SSSR count). The second-order valence-electron chi connectivity index (χ2n) is 4.68. The lowest BCUT2D eigenvalue weighted by Crippen LogP contribution is -2.44. The zero-order chi connectivity index (χ0) is 12.4. The van der Waals surface area contributed by atoms with Crippen LogP contribution in [0.4, 0.5) is 5.69 Å². The van der Waals surface area contributed by atoms with Gasteiger partial charge >= 0.3 is 0 Å². The molecule has 0 spiro atoms. The molecular weight excluding hydrogens is 236 g/mol. The van der Waals surface area contributed by atoms with Crippen LogP contribution in [0.15, 0.2) is 18.2 Å². The van der Waals surface area contributed by atoms with Gasteiger partial charge in [-0.15, -0.1) is 0 Å². The van der Waals surface area contributed by atoms with Crippen LogP contribution in [0.2, 0.25) is 5.02 Å². The number of anilines is 1. The number of rotatable bonds is 2. The van der Waals surface area contributed by atoms with Crippen molar-refractivity contribution in [2.45, 2.75) is 13.0 Å². The molecule has 1 aliphatic heterocycles. The highest BCUT2D eigenvalue weighted by atomic mass is 35.5. The van der Waals surface area contributed by atoms with E-state index in [-0.39, 0.29) is 0 Å². The molecule has 1 N–H and O–H groups in total. The van der Waals surface area contributed by atoms with Gasteiger partial charge in [0.2, 0.25) is 0 Å².